The Morgan fingerprint density at radius 2 is 2.03 bits per heavy atom. The largest absolute Gasteiger partial charge is 0.490 e. The third-order valence-electron chi connectivity index (χ3n) is 6.58. The summed E-state index contributed by atoms with van der Waals surface area (Å²) in [5.41, 5.74) is 1.68. The minimum Gasteiger partial charge on any atom is -0.490 e. The summed E-state index contributed by atoms with van der Waals surface area (Å²) in [5, 5.41) is 6.87. The highest BCUT2D eigenvalue weighted by Gasteiger charge is 2.48. The van der Waals surface area contributed by atoms with Crippen molar-refractivity contribution in [2.75, 3.05) is 18.4 Å². The van der Waals surface area contributed by atoms with Gasteiger partial charge in [0, 0.05) is 31.1 Å². The van der Waals surface area contributed by atoms with Crippen LogP contribution >= 0.6 is 0 Å². The van der Waals surface area contributed by atoms with Gasteiger partial charge in [-0.05, 0) is 55.9 Å². The lowest BCUT2D eigenvalue weighted by Gasteiger charge is -2.40. The van der Waals surface area contributed by atoms with Crippen molar-refractivity contribution in [2.45, 2.75) is 57.0 Å². The summed E-state index contributed by atoms with van der Waals surface area (Å²) in [6.07, 6.45) is -1.12. The van der Waals surface area contributed by atoms with Crippen LogP contribution in [0.15, 0.2) is 24.5 Å². The van der Waals surface area contributed by atoms with Gasteiger partial charge in [0.1, 0.15) is 18.2 Å². The van der Waals surface area contributed by atoms with E-state index in [0.717, 1.165) is 28.7 Å². The van der Waals surface area contributed by atoms with Gasteiger partial charge in [-0.25, -0.2) is 4.68 Å². The normalized spacial score (nSPS) is 26.1. The predicted molar refractivity (Wildman–Crippen MR) is 106 cm³/mol. The smallest absolute Gasteiger partial charge is 0.411 e. The maximum atomic E-state index is 13.5. The molecule has 5 rings (SSSR count). The van der Waals surface area contributed by atoms with Gasteiger partial charge in [0.2, 0.25) is 5.95 Å². The molecule has 0 saturated carbocycles. The number of amides is 1. The van der Waals surface area contributed by atoms with Gasteiger partial charge in [0.05, 0.1) is 0 Å². The van der Waals surface area contributed by atoms with Gasteiger partial charge in [0.15, 0.2) is 6.04 Å². The Bertz CT molecular complexity index is 984. The van der Waals surface area contributed by atoms with E-state index in [1.165, 1.54) is 0 Å². The molecule has 1 aromatic heterocycles. The molecule has 4 heterocycles. The lowest BCUT2D eigenvalue weighted by molar-refractivity contribution is -0.174. The van der Waals surface area contributed by atoms with Crippen molar-refractivity contribution in [1.82, 2.24) is 19.7 Å². The van der Waals surface area contributed by atoms with Crippen LogP contribution in [0.5, 0.6) is 5.75 Å². The van der Waals surface area contributed by atoms with Crippen molar-refractivity contribution in [3.05, 3.63) is 35.7 Å². The number of fused-ring (bicyclic) bond motifs is 2. The van der Waals surface area contributed by atoms with Crippen molar-refractivity contribution in [1.29, 1.82) is 0 Å². The van der Waals surface area contributed by atoms with Gasteiger partial charge in [-0.2, -0.15) is 23.3 Å². The molecule has 3 atom stereocenters. The van der Waals surface area contributed by atoms with Gasteiger partial charge in [0.25, 0.3) is 5.91 Å². The number of hydrogen-bond acceptors (Lipinski definition) is 5. The molecular formula is C21H24F3N5O2. The van der Waals surface area contributed by atoms with Crippen LogP contribution in [0.1, 0.15) is 48.1 Å². The number of rotatable bonds is 2. The van der Waals surface area contributed by atoms with E-state index < -0.39 is 12.2 Å². The molecule has 7 nitrogen and oxygen atoms in total. The highest BCUT2D eigenvalue weighted by atomic mass is 19.4. The number of alkyl halides is 3. The number of aromatic nitrogens is 3. The molecule has 1 saturated heterocycles. The second kappa shape index (κ2) is 7.42. The molecule has 0 spiro atoms. The summed E-state index contributed by atoms with van der Waals surface area (Å²) in [6.45, 7) is 3.04. The number of nitrogens with one attached hydrogen (secondary N) is 1. The number of ether oxygens (including phenoxy) is 1. The highest BCUT2D eigenvalue weighted by molar-refractivity contribution is 5.94. The first-order valence-electron chi connectivity index (χ1n) is 10.6. The van der Waals surface area contributed by atoms with E-state index >= 15 is 0 Å². The topological polar surface area (TPSA) is 72.3 Å². The minimum atomic E-state index is -4.38. The van der Waals surface area contributed by atoms with Crippen molar-refractivity contribution in [2.24, 2.45) is 5.92 Å². The first-order valence-corrected chi connectivity index (χ1v) is 10.6. The summed E-state index contributed by atoms with van der Waals surface area (Å²) in [4.78, 5) is 18.7. The molecule has 0 radical (unpaired) electrons. The number of likely N-dealkylation sites (tertiary alicyclic amines) is 1. The lowest BCUT2D eigenvalue weighted by Crippen LogP contribution is -2.47. The number of carbonyl (C=O) groups is 1. The highest BCUT2D eigenvalue weighted by Crippen LogP contribution is 2.41. The first-order chi connectivity index (χ1) is 14.8. The third kappa shape index (κ3) is 3.72. The van der Waals surface area contributed by atoms with Crippen LogP contribution in [0.2, 0.25) is 0 Å². The molecule has 3 aliphatic heterocycles. The standard InChI is InChI=1S/C21H24F3N5O2/c1-12-8-15-9-14(2-3-17(15)31-12)19(30)28-6-4-13(5-7-28)16-10-18(21(22,23)24)29-20(27-16)25-11-26-29/h2-3,9,11-13,16,18H,4-8,10H2,1H3,(H,25,26,27)/t12-,16-,18+/m0/s1. The molecule has 0 aliphatic carbocycles. The van der Waals surface area contributed by atoms with Crippen LogP contribution in [0, 0.1) is 5.92 Å². The molecule has 0 unspecified atom stereocenters. The molecule has 1 aromatic carbocycles. The maximum Gasteiger partial charge on any atom is 0.411 e. The summed E-state index contributed by atoms with van der Waals surface area (Å²) in [6, 6.07) is 3.51. The second-order valence-electron chi connectivity index (χ2n) is 8.66. The van der Waals surface area contributed by atoms with Crippen molar-refractivity contribution < 1.29 is 22.7 Å². The molecule has 166 valence electrons. The summed E-state index contributed by atoms with van der Waals surface area (Å²) in [5.74, 6) is 0.990. The van der Waals surface area contributed by atoms with Crippen LogP contribution in [0.4, 0.5) is 19.1 Å². The number of halogens is 3. The van der Waals surface area contributed by atoms with Crippen LogP contribution < -0.4 is 10.1 Å². The van der Waals surface area contributed by atoms with Crippen LogP contribution in [-0.2, 0) is 6.42 Å². The molecule has 2 aromatic rings. The number of benzene rings is 1. The second-order valence-corrected chi connectivity index (χ2v) is 8.66. The number of anilines is 1. The van der Waals surface area contributed by atoms with E-state index in [2.05, 4.69) is 15.4 Å². The Morgan fingerprint density at radius 1 is 1.26 bits per heavy atom. The predicted octanol–water partition coefficient (Wildman–Crippen LogP) is 3.44. The average molecular weight is 435 g/mol. The molecule has 31 heavy (non-hydrogen) atoms. The van der Waals surface area contributed by atoms with Crippen LogP contribution in [0.3, 0.4) is 0 Å². The maximum absolute atomic E-state index is 13.5. The van der Waals surface area contributed by atoms with Gasteiger partial charge >= 0.3 is 6.18 Å². The quantitative estimate of drug-likeness (QED) is 0.783. The van der Waals surface area contributed by atoms with Crippen molar-refractivity contribution in [3.63, 3.8) is 0 Å². The third-order valence-corrected chi connectivity index (χ3v) is 6.58. The Balaban J connectivity index is 1.24. The zero-order valence-electron chi connectivity index (χ0n) is 17.1. The van der Waals surface area contributed by atoms with Crippen molar-refractivity contribution >= 4 is 11.9 Å². The minimum absolute atomic E-state index is 0.0358. The van der Waals surface area contributed by atoms with E-state index in [9.17, 15) is 18.0 Å². The summed E-state index contributed by atoms with van der Waals surface area (Å²) in [7, 11) is 0. The van der Waals surface area contributed by atoms with Gasteiger partial charge in [-0.15, -0.1) is 0 Å². The Labute approximate surface area is 177 Å². The number of nitrogens with zero attached hydrogens (tertiary/aromatic N) is 4. The fourth-order valence-electron chi connectivity index (χ4n) is 4.97. The fraction of sp³-hybridized carbons (Fsp3) is 0.571. The van der Waals surface area contributed by atoms with Crippen LogP contribution in [0.25, 0.3) is 0 Å². The van der Waals surface area contributed by atoms with Gasteiger partial charge in [-0.3, -0.25) is 4.79 Å². The Hall–Kier alpha value is -2.78. The van der Waals surface area contributed by atoms with E-state index in [1.807, 2.05) is 19.1 Å². The molecule has 1 amide bonds. The molecule has 0 bridgehead atoms. The van der Waals surface area contributed by atoms with E-state index in [4.69, 9.17) is 4.74 Å². The summed E-state index contributed by atoms with van der Waals surface area (Å²) < 4.78 is 47.2. The zero-order valence-corrected chi connectivity index (χ0v) is 17.1. The van der Waals surface area contributed by atoms with E-state index in [-0.39, 0.29) is 36.3 Å². The molecule has 1 fully saturated rings. The summed E-state index contributed by atoms with van der Waals surface area (Å²) >= 11 is 0. The Morgan fingerprint density at radius 3 is 2.77 bits per heavy atom. The van der Waals surface area contributed by atoms with Gasteiger partial charge < -0.3 is 15.0 Å². The number of carbonyl (C=O) groups excluding carboxylic acids is 1. The first kappa shape index (κ1) is 20.1. The molecule has 3 aliphatic rings. The monoisotopic (exact) mass is 435 g/mol. The van der Waals surface area contributed by atoms with Crippen molar-refractivity contribution in [3.8, 4) is 5.75 Å². The molecular weight excluding hydrogens is 411 g/mol. The van der Waals surface area contributed by atoms with E-state index in [1.54, 1.807) is 11.0 Å². The lowest BCUT2D eigenvalue weighted by atomic mass is 9.84. The fourth-order valence-corrected chi connectivity index (χ4v) is 4.97. The van der Waals surface area contributed by atoms with Crippen LogP contribution in [-0.4, -0.2) is 57.0 Å². The molecule has 1 N–H and O–H groups in total. The average Bonchev–Trinajstić information content (AvgIpc) is 3.36. The Kier molecular flexibility index (Phi) is 4.82. The number of piperidine rings is 1. The zero-order chi connectivity index (χ0) is 21.8. The number of hydrogen-bond donors (Lipinski definition) is 1. The molecule has 10 heteroatoms. The van der Waals surface area contributed by atoms with Gasteiger partial charge in [-0.1, -0.05) is 0 Å². The SMILES string of the molecule is C[C@H]1Cc2cc(C(=O)N3CCC([C@@H]4C[C@H](C(F)(F)F)n5ncnc5N4)CC3)ccc2O1. The van der Waals surface area contributed by atoms with E-state index in [0.29, 0.717) is 31.5 Å².